The van der Waals surface area contributed by atoms with Crippen molar-refractivity contribution in [2.45, 2.75) is 33.3 Å². The third-order valence-electron chi connectivity index (χ3n) is 2.44. The van der Waals surface area contributed by atoms with Gasteiger partial charge in [-0.3, -0.25) is 4.79 Å². The van der Waals surface area contributed by atoms with Gasteiger partial charge in [0, 0.05) is 10.7 Å². The second-order valence-corrected chi connectivity index (χ2v) is 4.86. The van der Waals surface area contributed by atoms with Crippen molar-refractivity contribution in [1.29, 1.82) is 0 Å². The Hall–Kier alpha value is -1.26. The fraction of sp³-hybridized carbons (Fsp3) is 0.385. The number of amides is 1. The summed E-state index contributed by atoms with van der Waals surface area (Å²) in [6, 6.07) is 4.82. The molecule has 0 aliphatic rings. The van der Waals surface area contributed by atoms with E-state index in [0.717, 1.165) is 12.1 Å². The summed E-state index contributed by atoms with van der Waals surface area (Å²) in [5.41, 5.74) is 3.28. The number of hydrogen-bond donors (Lipinski definition) is 1. The van der Waals surface area contributed by atoms with E-state index >= 15 is 0 Å². The Morgan fingerprint density at radius 2 is 2.16 bits per heavy atom. The number of carbonyl (C=O) groups is 1. The molecule has 0 saturated heterocycles. The van der Waals surface area contributed by atoms with Gasteiger partial charge in [-0.15, -0.1) is 0 Å². The van der Waals surface area contributed by atoms with Crippen LogP contribution in [-0.4, -0.2) is 17.7 Å². The quantitative estimate of drug-likeness (QED) is 0.666. The summed E-state index contributed by atoms with van der Waals surface area (Å²) in [5, 5.41) is 4.80. The van der Waals surface area contributed by atoms with Crippen LogP contribution < -0.4 is 10.2 Å². The van der Waals surface area contributed by atoms with Crippen molar-refractivity contribution in [2.75, 3.05) is 0 Å². The fourth-order valence-electron chi connectivity index (χ4n) is 1.14. The molecule has 4 nitrogen and oxygen atoms in total. The van der Waals surface area contributed by atoms with Crippen LogP contribution in [0.1, 0.15) is 27.2 Å². The molecule has 6 heteroatoms. The van der Waals surface area contributed by atoms with Gasteiger partial charge in [-0.1, -0.05) is 30.1 Å². The van der Waals surface area contributed by atoms with Crippen molar-refractivity contribution in [3.63, 3.8) is 0 Å². The molecule has 0 spiro atoms. The summed E-state index contributed by atoms with van der Waals surface area (Å²) < 4.78 is 5.46. The maximum atomic E-state index is 11.7. The molecule has 1 unspecified atom stereocenters. The molecule has 0 aliphatic heterocycles. The first-order chi connectivity index (χ1) is 8.93. The van der Waals surface area contributed by atoms with Gasteiger partial charge in [0.15, 0.2) is 6.10 Å². The van der Waals surface area contributed by atoms with Gasteiger partial charge in [0.05, 0.1) is 5.02 Å². The Morgan fingerprint density at radius 1 is 1.47 bits per heavy atom. The van der Waals surface area contributed by atoms with Gasteiger partial charge in [-0.2, -0.15) is 5.10 Å². The maximum absolute atomic E-state index is 11.7. The summed E-state index contributed by atoms with van der Waals surface area (Å²) in [6.07, 6.45) is 0.0745. The van der Waals surface area contributed by atoms with Gasteiger partial charge < -0.3 is 4.74 Å². The molecule has 19 heavy (non-hydrogen) atoms. The van der Waals surface area contributed by atoms with E-state index in [1.165, 1.54) is 0 Å². The SMILES string of the molecule is CCC(C)=NNC(=O)C(C)Oc1ccc(Cl)cc1Cl. The van der Waals surface area contributed by atoms with Crippen LogP contribution in [-0.2, 0) is 4.79 Å². The Kier molecular flexibility index (Phi) is 6.12. The van der Waals surface area contributed by atoms with Crippen LogP contribution in [0.4, 0.5) is 0 Å². The molecule has 0 fully saturated rings. The highest BCUT2D eigenvalue weighted by molar-refractivity contribution is 6.35. The first-order valence-electron chi connectivity index (χ1n) is 5.88. The van der Waals surface area contributed by atoms with E-state index in [1.807, 2.05) is 13.8 Å². The van der Waals surface area contributed by atoms with Crippen LogP contribution in [0.2, 0.25) is 10.0 Å². The first kappa shape index (κ1) is 15.8. The minimum absolute atomic E-state index is 0.334. The molecular formula is C13H16Cl2N2O2. The van der Waals surface area contributed by atoms with Crippen molar-refractivity contribution in [1.82, 2.24) is 5.43 Å². The summed E-state index contributed by atoms with van der Waals surface area (Å²) in [7, 11) is 0. The van der Waals surface area contributed by atoms with E-state index in [4.69, 9.17) is 27.9 Å². The molecule has 1 atom stereocenters. The molecule has 1 N–H and O–H groups in total. The number of nitrogens with one attached hydrogen (secondary N) is 1. The van der Waals surface area contributed by atoms with Crippen molar-refractivity contribution in [2.24, 2.45) is 5.10 Å². The monoisotopic (exact) mass is 302 g/mol. The van der Waals surface area contributed by atoms with Gasteiger partial charge in [-0.25, -0.2) is 5.43 Å². The minimum atomic E-state index is -0.702. The van der Waals surface area contributed by atoms with Crippen molar-refractivity contribution in [3.05, 3.63) is 28.2 Å². The number of halogens is 2. The van der Waals surface area contributed by atoms with Crippen LogP contribution in [0.15, 0.2) is 23.3 Å². The van der Waals surface area contributed by atoms with E-state index in [-0.39, 0.29) is 5.91 Å². The van der Waals surface area contributed by atoms with E-state index < -0.39 is 6.10 Å². The lowest BCUT2D eigenvalue weighted by Gasteiger charge is -2.14. The number of nitrogens with zero attached hydrogens (tertiary/aromatic N) is 1. The number of hydrogen-bond acceptors (Lipinski definition) is 3. The van der Waals surface area contributed by atoms with Crippen LogP contribution in [0, 0.1) is 0 Å². The second kappa shape index (κ2) is 7.36. The average molecular weight is 303 g/mol. The number of rotatable bonds is 5. The van der Waals surface area contributed by atoms with Gasteiger partial charge in [0.1, 0.15) is 5.75 Å². The van der Waals surface area contributed by atoms with Crippen molar-refractivity contribution >= 4 is 34.8 Å². The summed E-state index contributed by atoms with van der Waals surface area (Å²) in [4.78, 5) is 11.7. The molecule has 0 aliphatic carbocycles. The lowest BCUT2D eigenvalue weighted by Crippen LogP contribution is -2.33. The maximum Gasteiger partial charge on any atom is 0.280 e. The molecule has 104 valence electrons. The predicted molar refractivity (Wildman–Crippen MR) is 78.1 cm³/mol. The number of benzene rings is 1. The molecule has 1 amide bonds. The third kappa shape index (κ3) is 5.09. The zero-order valence-corrected chi connectivity index (χ0v) is 12.5. The highest BCUT2D eigenvalue weighted by Gasteiger charge is 2.15. The molecule has 0 radical (unpaired) electrons. The number of hydrazone groups is 1. The lowest BCUT2D eigenvalue weighted by atomic mass is 10.3. The summed E-state index contributed by atoms with van der Waals surface area (Å²) in [5.74, 6) is 0.0729. The van der Waals surface area contributed by atoms with Crippen LogP contribution in [0.25, 0.3) is 0 Å². The Labute approximate surface area is 122 Å². The summed E-state index contributed by atoms with van der Waals surface area (Å²) in [6.45, 7) is 5.41. The molecule has 0 aromatic heterocycles. The first-order valence-corrected chi connectivity index (χ1v) is 6.64. The predicted octanol–water partition coefficient (Wildman–Crippen LogP) is 3.66. The highest BCUT2D eigenvalue weighted by Crippen LogP contribution is 2.28. The molecule has 1 rings (SSSR count). The molecule has 1 aromatic carbocycles. The topological polar surface area (TPSA) is 50.7 Å². The van der Waals surface area contributed by atoms with Crippen molar-refractivity contribution < 1.29 is 9.53 Å². The van der Waals surface area contributed by atoms with E-state index in [0.29, 0.717) is 15.8 Å². The van der Waals surface area contributed by atoms with Crippen LogP contribution >= 0.6 is 23.2 Å². The fourth-order valence-corrected chi connectivity index (χ4v) is 1.59. The zero-order chi connectivity index (χ0) is 14.4. The standard InChI is InChI=1S/C13H16Cl2N2O2/c1-4-8(2)16-17-13(18)9(3)19-12-6-5-10(14)7-11(12)15/h5-7,9H,4H2,1-3H3,(H,17,18). The average Bonchev–Trinajstić information content (AvgIpc) is 2.38. The van der Waals surface area contributed by atoms with Gasteiger partial charge in [0.25, 0.3) is 5.91 Å². The normalized spacial score (nSPS) is 13.0. The minimum Gasteiger partial charge on any atom is -0.479 e. The molecule has 0 bridgehead atoms. The lowest BCUT2D eigenvalue weighted by molar-refractivity contribution is -0.127. The smallest absolute Gasteiger partial charge is 0.280 e. The van der Waals surface area contributed by atoms with Gasteiger partial charge in [0.2, 0.25) is 0 Å². The van der Waals surface area contributed by atoms with Crippen LogP contribution in [0.5, 0.6) is 5.75 Å². The number of ether oxygens (including phenoxy) is 1. The largest absolute Gasteiger partial charge is 0.479 e. The summed E-state index contributed by atoms with van der Waals surface area (Å²) >= 11 is 11.7. The second-order valence-electron chi connectivity index (χ2n) is 4.01. The highest BCUT2D eigenvalue weighted by atomic mass is 35.5. The van der Waals surface area contributed by atoms with E-state index in [1.54, 1.807) is 25.1 Å². The molecule has 0 heterocycles. The Bertz CT molecular complexity index is 490. The van der Waals surface area contributed by atoms with E-state index in [9.17, 15) is 4.79 Å². The van der Waals surface area contributed by atoms with Gasteiger partial charge >= 0.3 is 0 Å². The van der Waals surface area contributed by atoms with Crippen molar-refractivity contribution in [3.8, 4) is 5.75 Å². The Balaban J connectivity index is 2.63. The van der Waals surface area contributed by atoms with Crippen LogP contribution in [0.3, 0.4) is 0 Å². The zero-order valence-electron chi connectivity index (χ0n) is 11.0. The third-order valence-corrected chi connectivity index (χ3v) is 2.97. The molecular weight excluding hydrogens is 287 g/mol. The van der Waals surface area contributed by atoms with Gasteiger partial charge in [-0.05, 0) is 38.5 Å². The number of carbonyl (C=O) groups excluding carboxylic acids is 1. The Morgan fingerprint density at radius 3 is 2.74 bits per heavy atom. The van der Waals surface area contributed by atoms with E-state index in [2.05, 4.69) is 10.5 Å². The molecule has 1 aromatic rings. The molecule has 0 saturated carbocycles.